The molecule has 6 nitrogen and oxygen atoms in total. The molecule has 2 rings (SSSR count). The number of hydrogen-bond acceptors (Lipinski definition) is 3. The molecule has 2 aromatic rings. The van der Waals surface area contributed by atoms with Gasteiger partial charge < -0.3 is 10.1 Å². The van der Waals surface area contributed by atoms with Crippen molar-refractivity contribution in [2.24, 2.45) is 0 Å². The zero-order chi connectivity index (χ0) is 15.6. The van der Waals surface area contributed by atoms with Gasteiger partial charge in [0.25, 0.3) is 0 Å². The molecule has 8 heteroatoms. The number of benzene rings is 1. The van der Waals surface area contributed by atoms with Crippen LogP contribution < -0.4 is 4.72 Å². The summed E-state index contributed by atoms with van der Waals surface area (Å²) in [7, 11) is -3.82. The maximum absolute atomic E-state index is 12.2. The number of aromatic carboxylic acids is 1. The van der Waals surface area contributed by atoms with Crippen molar-refractivity contribution in [2.45, 2.75) is 17.9 Å². The van der Waals surface area contributed by atoms with Crippen molar-refractivity contribution < 1.29 is 18.3 Å². The van der Waals surface area contributed by atoms with Crippen LogP contribution in [0, 0.1) is 0 Å². The number of halogens is 1. The Hall–Kier alpha value is -1.83. The van der Waals surface area contributed by atoms with Crippen molar-refractivity contribution >= 4 is 27.6 Å². The summed E-state index contributed by atoms with van der Waals surface area (Å²) in [6.07, 6.45) is 1.14. The smallest absolute Gasteiger partial charge is 0.352 e. The van der Waals surface area contributed by atoms with E-state index in [4.69, 9.17) is 16.7 Å². The van der Waals surface area contributed by atoms with Gasteiger partial charge in [-0.15, -0.1) is 0 Å². The highest BCUT2D eigenvalue weighted by atomic mass is 35.5. The van der Waals surface area contributed by atoms with E-state index in [2.05, 4.69) is 9.71 Å². The molecule has 0 fully saturated rings. The van der Waals surface area contributed by atoms with Gasteiger partial charge in [-0.1, -0.05) is 23.7 Å². The predicted octanol–water partition coefficient (Wildman–Crippen LogP) is 2.41. The lowest BCUT2D eigenvalue weighted by molar-refractivity contribution is 0.0691. The predicted molar refractivity (Wildman–Crippen MR) is 77.9 cm³/mol. The van der Waals surface area contributed by atoms with Crippen LogP contribution in [0.2, 0.25) is 5.02 Å². The van der Waals surface area contributed by atoms with Crippen LogP contribution in [0.4, 0.5) is 0 Å². The van der Waals surface area contributed by atoms with Gasteiger partial charge in [0.2, 0.25) is 10.0 Å². The molecule has 0 bridgehead atoms. The minimum atomic E-state index is -3.82. The number of carboxylic acid groups (broad SMARTS) is 1. The van der Waals surface area contributed by atoms with E-state index in [1.54, 1.807) is 31.2 Å². The first-order chi connectivity index (χ1) is 9.79. The molecule has 112 valence electrons. The molecule has 0 unspecified atom stereocenters. The highest BCUT2D eigenvalue weighted by Gasteiger charge is 2.21. The van der Waals surface area contributed by atoms with Crippen LogP contribution in [0.5, 0.6) is 0 Å². The normalized spacial score (nSPS) is 13.0. The van der Waals surface area contributed by atoms with Crippen LogP contribution >= 0.6 is 11.6 Å². The Balaban J connectivity index is 2.22. The zero-order valence-electron chi connectivity index (χ0n) is 11.0. The van der Waals surface area contributed by atoms with Gasteiger partial charge in [0.1, 0.15) is 10.6 Å². The summed E-state index contributed by atoms with van der Waals surface area (Å²) >= 11 is 5.87. The van der Waals surface area contributed by atoms with Crippen LogP contribution in [-0.2, 0) is 10.0 Å². The Kier molecular flexibility index (Phi) is 4.36. The van der Waals surface area contributed by atoms with Crippen molar-refractivity contribution in [3.63, 3.8) is 0 Å². The standard InChI is InChI=1S/C13H13ClN2O4S/c1-8(9-3-2-4-10(14)5-9)16-21(19,20)11-6-12(13(17)18)15-7-11/h2-8,15-16H,1H3,(H,17,18)/t8-/m0/s1. The summed E-state index contributed by atoms with van der Waals surface area (Å²) < 4.78 is 26.8. The van der Waals surface area contributed by atoms with Gasteiger partial charge in [-0.25, -0.2) is 17.9 Å². The van der Waals surface area contributed by atoms with Gasteiger partial charge in [0.15, 0.2) is 0 Å². The number of nitrogens with one attached hydrogen (secondary N) is 2. The van der Waals surface area contributed by atoms with E-state index in [0.29, 0.717) is 10.6 Å². The fraction of sp³-hybridized carbons (Fsp3) is 0.154. The molecule has 1 aromatic carbocycles. The van der Waals surface area contributed by atoms with Crippen LogP contribution in [0.15, 0.2) is 41.4 Å². The third kappa shape index (κ3) is 3.63. The molecule has 0 aliphatic rings. The van der Waals surface area contributed by atoms with Crippen molar-refractivity contribution in [3.8, 4) is 0 Å². The van der Waals surface area contributed by atoms with E-state index < -0.39 is 22.0 Å². The van der Waals surface area contributed by atoms with Gasteiger partial charge in [-0.2, -0.15) is 0 Å². The summed E-state index contributed by atoms with van der Waals surface area (Å²) in [6, 6.07) is 7.39. The SMILES string of the molecule is C[C@H](NS(=O)(=O)c1c[nH]c(C(=O)O)c1)c1cccc(Cl)c1. The quantitative estimate of drug-likeness (QED) is 0.784. The largest absolute Gasteiger partial charge is 0.477 e. The van der Waals surface area contributed by atoms with E-state index >= 15 is 0 Å². The van der Waals surface area contributed by atoms with E-state index in [1.165, 1.54) is 0 Å². The van der Waals surface area contributed by atoms with Gasteiger partial charge in [-0.3, -0.25) is 0 Å². The van der Waals surface area contributed by atoms with E-state index in [1.807, 2.05) is 0 Å². The zero-order valence-corrected chi connectivity index (χ0v) is 12.6. The molecule has 0 radical (unpaired) electrons. The van der Waals surface area contributed by atoms with Gasteiger partial charge in [-0.05, 0) is 30.7 Å². The fourth-order valence-corrected chi connectivity index (χ4v) is 3.22. The van der Waals surface area contributed by atoms with Gasteiger partial charge >= 0.3 is 5.97 Å². The monoisotopic (exact) mass is 328 g/mol. The Labute approximate surface area is 126 Å². The summed E-state index contributed by atoms with van der Waals surface area (Å²) in [5.74, 6) is -1.22. The molecule has 1 heterocycles. The second kappa shape index (κ2) is 5.88. The Morgan fingerprint density at radius 3 is 2.67 bits per heavy atom. The molecule has 0 aliphatic carbocycles. The van der Waals surface area contributed by atoms with Crippen LogP contribution in [0.25, 0.3) is 0 Å². The Bertz CT molecular complexity index is 770. The molecule has 0 amide bonds. The Morgan fingerprint density at radius 1 is 1.38 bits per heavy atom. The molecule has 0 saturated carbocycles. The van der Waals surface area contributed by atoms with E-state index in [9.17, 15) is 13.2 Å². The topological polar surface area (TPSA) is 99.3 Å². The summed E-state index contributed by atoms with van der Waals surface area (Å²) in [4.78, 5) is 13.0. The maximum atomic E-state index is 12.2. The van der Waals surface area contributed by atoms with E-state index in [-0.39, 0.29) is 10.6 Å². The highest BCUT2D eigenvalue weighted by molar-refractivity contribution is 7.89. The first-order valence-corrected chi connectivity index (χ1v) is 7.85. The van der Waals surface area contributed by atoms with Crippen LogP contribution in [0.1, 0.15) is 29.0 Å². The average Bonchev–Trinajstić information content (AvgIpc) is 2.88. The summed E-state index contributed by atoms with van der Waals surface area (Å²) in [5, 5.41) is 9.30. The maximum Gasteiger partial charge on any atom is 0.352 e. The number of hydrogen-bond donors (Lipinski definition) is 3. The molecule has 1 aromatic heterocycles. The fourth-order valence-electron chi connectivity index (χ4n) is 1.80. The number of aromatic nitrogens is 1. The van der Waals surface area contributed by atoms with Gasteiger partial charge in [0, 0.05) is 17.3 Å². The molecule has 0 saturated heterocycles. The number of carbonyl (C=O) groups is 1. The molecule has 0 spiro atoms. The van der Waals surface area contributed by atoms with Crippen LogP contribution in [-0.4, -0.2) is 24.5 Å². The molecule has 21 heavy (non-hydrogen) atoms. The summed E-state index contributed by atoms with van der Waals surface area (Å²) in [6.45, 7) is 1.67. The van der Waals surface area contributed by atoms with E-state index in [0.717, 1.165) is 12.3 Å². The number of H-pyrrole nitrogens is 1. The first kappa shape index (κ1) is 15.6. The van der Waals surface area contributed by atoms with Crippen molar-refractivity contribution in [3.05, 3.63) is 52.8 Å². The second-order valence-electron chi connectivity index (χ2n) is 4.45. The number of sulfonamides is 1. The average molecular weight is 329 g/mol. The molecule has 3 N–H and O–H groups in total. The molecule has 0 aliphatic heterocycles. The first-order valence-electron chi connectivity index (χ1n) is 5.99. The lowest BCUT2D eigenvalue weighted by Gasteiger charge is -2.14. The third-order valence-corrected chi connectivity index (χ3v) is 4.63. The Morgan fingerprint density at radius 2 is 2.10 bits per heavy atom. The number of carboxylic acids is 1. The van der Waals surface area contributed by atoms with Crippen molar-refractivity contribution in [1.29, 1.82) is 0 Å². The van der Waals surface area contributed by atoms with Gasteiger partial charge in [0.05, 0.1) is 0 Å². The van der Waals surface area contributed by atoms with Crippen molar-refractivity contribution in [2.75, 3.05) is 0 Å². The van der Waals surface area contributed by atoms with Crippen LogP contribution in [0.3, 0.4) is 0 Å². The number of aromatic amines is 1. The lowest BCUT2D eigenvalue weighted by atomic mass is 10.1. The molecular formula is C13H13ClN2O4S. The second-order valence-corrected chi connectivity index (χ2v) is 6.60. The highest BCUT2D eigenvalue weighted by Crippen LogP contribution is 2.20. The third-order valence-electron chi connectivity index (χ3n) is 2.88. The van der Waals surface area contributed by atoms with Crippen molar-refractivity contribution in [1.82, 2.24) is 9.71 Å². The lowest BCUT2D eigenvalue weighted by Crippen LogP contribution is -2.26. The molecular weight excluding hydrogens is 316 g/mol. The molecule has 1 atom stereocenters. The minimum absolute atomic E-state index is 0.131. The summed E-state index contributed by atoms with van der Waals surface area (Å²) in [5.41, 5.74) is 0.519. The number of rotatable bonds is 5. The minimum Gasteiger partial charge on any atom is -0.477 e.